The van der Waals surface area contributed by atoms with Gasteiger partial charge in [0.2, 0.25) is 11.1 Å². The van der Waals surface area contributed by atoms with Crippen LogP contribution in [-0.4, -0.2) is 31.8 Å². The normalized spacial score (nSPS) is 23.7. The summed E-state index contributed by atoms with van der Waals surface area (Å²) in [7, 11) is 0. The van der Waals surface area contributed by atoms with Crippen molar-refractivity contribution in [2.24, 2.45) is 5.41 Å². The first-order valence-electron chi connectivity index (χ1n) is 9.56. The number of anilines is 1. The van der Waals surface area contributed by atoms with E-state index in [9.17, 15) is 14.9 Å². The Balaban J connectivity index is 1.44. The second-order valence-electron chi connectivity index (χ2n) is 8.57. The fraction of sp³-hybridized carbons (Fsp3) is 0.500. The summed E-state index contributed by atoms with van der Waals surface area (Å²) in [4.78, 5) is 27.6. The lowest BCUT2D eigenvalue weighted by atomic mass is 9.70. The molecule has 0 aliphatic heterocycles. The Hall–Kier alpha value is -2.55. The summed E-state index contributed by atoms with van der Waals surface area (Å²) in [5.74, 6) is 0.221. The van der Waals surface area contributed by atoms with Crippen LogP contribution in [0.4, 0.5) is 11.4 Å². The highest BCUT2D eigenvalue weighted by atomic mass is 32.2. The average Bonchev–Trinajstić information content (AvgIpc) is 3.00. The maximum absolute atomic E-state index is 12.3. The molecule has 1 heterocycles. The number of rotatable bonds is 5. The number of carbonyl (C=O) groups is 1. The zero-order chi connectivity index (χ0) is 21.0. The molecular weight excluding hydrogens is 390 g/mol. The minimum atomic E-state index is -0.459. The molecule has 1 N–H and O–H groups in total. The molecule has 8 nitrogen and oxygen atoms in total. The van der Waals surface area contributed by atoms with E-state index in [2.05, 4.69) is 36.3 Å². The second-order valence-corrected chi connectivity index (χ2v) is 9.51. The molecule has 2 aliphatic carbocycles. The number of amides is 1. The molecular formula is C20H23N5O3S. The number of aromatic nitrogens is 3. The zero-order valence-corrected chi connectivity index (χ0v) is 17.7. The molecule has 1 aromatic carbocycles. The molecule has 2 bridgehead atoms. The van der Waals surface area contributed by atoms with Crippen LogP contribution in [0, 0.1) is 22.5 Å². The van der Waals surface area contributed by atoms with E-state index in [-0.39, 0.29) is 28.2 Å². The number of fused-ring (bicyclic) bond motifs is 5. The highest BCUT2D eigenvalue weighted by molar-refractivity contribution is 7.99. The van der Waals surface area contributed by atoms with Crippen LogP contribution in [0.25, 0.3) is 0 Å². The quantitative estimate of drug-likeness (QED) is 0.448. The van der Waals surface area contributed by atoms with E-state index in [4.69, 9.17) is 4.98 Å². The van der Waals surface area contributed by atoms with Gasteiger partial charge in [-0.3, -0.25) is 14.9 Å². The van der Waals surface area contributed by atoms with Gasteiger partial charge in [-0.05, 0) is 31.2 Å². The third kappa shape index (κ3) is 3.08. The summed E-state index contributed by atoms with van der Waals surface area (Å²) in [5, 5.41) is 22.9. The van der Waals surface area contributed by atoms with Gasteiger partial charge in [-0.1, -0.05) is 38.6 Å². The van der Waals surface area contributed by atoms with E-state index in [1.807, 2.05) is 0 Å². The fourth-order valence-corrected chi connectivity index (χ4v) is 5.22. The molecule has 1 aromatic heterocycles. The van der Waals surface area contributed by atoms with Crippen molar-refractivity contribution in [3.8, 4) is 0 Å². The van der Waals surface area contributed by atoms with Crippen LogP contribution in [-0.2, 0) is 10.2 Å². The molecule has 2 aromatic rings. The summed E-state index contributed by atoms with van der Waals surface area (Å²) in [6.45, 7) is 8.45. The Kier molecular flexibility index (Phi) is 4.60. The lowest BCUT2D eigenvalue weighted by Gasteiger charge is -2.33. The second kappa shape index (κ2) is 6.76. The summed E-state index contributed by atoms with van der Waals surface area (Å²) in [6, 6.07) is 4.63. The standard InChI is InChI=1S/C20H23N5O3S/c1-11-5-6-12(9-14(11)25(27)28)21-15(26)10-29-18-22-17-16(23-24-18)13-7-8-20(17,4)19(13,2)3/h5-6,9,13H,7-8,10H2,1-4H3,(H,21,26)/t13-,20+/m1/s1. The Morgan fingerprint density at radius 2 is 2.10 bits per heavy atom. The average molecular weight is 414 g/mol. The molecule has 1 saturated carbocycles. The number of aryl methyl sites for hydroxylation is 1. The fourth-order valence-electron chi connectivity index (χ4n) is 4.63. The number of hydrogen-bond acceptors (Lipinski definition) is 7. The summed E-state index contributed by atoms with van der Waals surface area (Å²) < 4.78 is 0. The van der Waals surface area contributed by atoms with Crippen LogP contribution in [0.3, 0.4) is 0 Å². The zero-order valence-electron chi connectivity index (χ0n) is 16.9. The molecule has 1 fully saturated rings. The van der Waals surface area contributed by atoms with Gasteiger partial charge in [0.1, 0.15) is 0 Å². The lowest BCUT2D eigenvalue weighted by Crippen LogP contribution is -2.32. The van der Waals surface area contributed by atoms with Crippen molar-refractivity contribution in [1.29, 1.82) is 0 Å². The number of hydrogen-bond donors (Lipinski definition) is 1. The number of benzene rings is 1. The Morgan fingerprint density at radius 1 is 1.34 bits per heavy atom. The molecule has 0 spiro atoms. The number of nitro groups is 1. The van der Waals surface area contributed by atoms with Gasteiger partial charge in [0.05, 0.1) is 22.1 Å². The first-order chi connectivity index (χ1) is 13.6. The Labute approximate surface area is 173 Å². The van der Waals surface area contributed by atoms with Gasteiger partial charge in [0, 0.05) is 28.7 Å². The molecule has 2 aliphatic rings. The first kappa shape index (κ1) is 19.8. The predicted molar refractivity (Wildman–Crippen MR) is 110 cm³/mol. The molecule has 0 radical (unpaired) electrons. The lowest BCUT2D eigenvalue weighted by molar-refractivity contribution is -0.385. The van der Waals surface area contributed by atoms with Gasteiger partial charge in [-0.25, -0.2) is 4.98 Å². The molecule has 0 saturated heterocycles. The molecule has 29 heavy (non-hydrogen) atoms. The maximum atomic E-state index is 12.3. The van der Waals surface area contributed by atoms with E-state index in [1.54, 1.807) is 19.1 Å². The van der Waals surface area contributed by atoms with Crippen molar-refractivity contribution >= 4 is 29.0 Å². The Morgan fingerprint density at radius 3 is 2.83 bits per heavy atom. The summed E-state index contributed by atoms with van der Waals surface area (Å²) in [6.07, 6.45) is 2.21. The van der Waals surface area contributed by atoms with Gasteiger partial charge in [-0.15, -0.1) is 5.10 Å². The maximum Gasteiger partial charge on any atom is 0.274 e. The van der Waals surface area contributed by atoms with Crippen LogP contribution in [0.1, 0.15) is 56.5 Å². The Bertz CT molecular complexity index is 1030. The number of nitro benzene ring substituents is 1. The third-order valence-corrected chi connectivity index (χ3v) is 7.63. The summed E-state index contributed by atoms with van der Waals surface area (Å²) >= 11 is 1.22. The minimum Gasteiger partial charge on any atom is -0.325 e. The molecule has 2 atom stereocenters. The van der Waals surface area contributed by atoms with Gasteiger partial charge in [0.25, 0.3) is 5.69 Å². The monoisotopic (exact) mass is 413 g/mol. The van der Waals surface area contributed by atoms with Gasteiger partial charge < -0.3 is 5.32 Å². The largest absolute Gasteiger partial charge is 0.325 e. The number of nitrogens with one attached hydrogen (secondary N) is 1. The number of carbonyl (C=O) groups excluding carboxylic acids is 1. The van der Waals surface area contributed by atoms with E-state index >= 15 is 0 Å². The van der Waals surface area contributed by atoms with Crippen molar-refractivity contribution in [3.05, 3.63) is 45.3 Å². The smallest absolute Gasteiger partial charge is 0.274 e. The van der Waals surface area contributed by atoms with Crippen molar-refractivity contribution in [1.82, 2.24) is 15.2 Å². The van der Waals surface area contributed by atoms with Gasteiger partial charge >= 0.3 is 0 Å². The molecule has 9 heteroatoms. The van der Waals surface area contributed by atoms with E-state index in [0.717, 1.165) is 24.2 Å². The topological polar surface area (TPSA) is 111 Å². The molecule has 4 rings (SSSR count). The van der Waals surface area contributed by atoms with Gasteiger partial charge in [-0.2, -0.15) is 5.10 Å². The van der Waals surface area contributed by atoms with Crippen molar-refractivity contribution in [2.75, 3.05) is 11.1 Å². The van der Waals surface area contributed by atoms with Crippen LogP contribution in [0.15, 0.2) is 23.4 Å². The van der Waals surface area contributed by atoms with E-state index in [0.29, 0.717) is 22.3 Å². The third-order valence-electron chi connectivity index (χ3n) is 6.79. The SMILES string of the molecule is Cc1ccc(NC(=O)CSc2nnc3c(n2)[C@]2(C)CC[C@H]3C2(C)C)cc1[N+](=O)[O-]. The highest BCUT2D eigenvalue weighted by Crippen LogP contribution is 2.66. The van der Waals surface area contributed by atoms with E-state index < -0.39 is 4.92 Å². The molecule has 0 unspecified atom stereocenters. The predicted octanol–water partition coefficient (Wildman–Crippen LogP) is 3.99. The number of thioether (sulfide) groups is 1. The molecule has 1 amide bonds. The van der Waals surface area contributed by atoms with Crippen LogP contribution in [0.5, 0.6) is 0 Å². The van der Waals surface area contributed by atoms with Gasteiger partial charge in [0.15, 0.2) is 0 Å². The van der Waals surface area contributed by atoms with Crippen molar-refractivity contribution in [2.45, 2.75) is 57.0 Å². The van der Waals surface area contributed by atoms with E-state index in [1.165, 1.54) is 17.8 Å². The van der Waals surface area contributed by atoms with Crippen LogP contribution >= 0.6 is 11.8 Å². The van der Waals surface area contributed by atoms with Crippen LogP contribution < -0.4 is 5.32 Å². The molecule has 152 valence electrons. The number of nitrogens with zero attached hydrogens (tertiary/aromatic N) is 4. The van der Waals surface area contributed by atoms with Crippen molar-refractivity contribution < 1.29 is 9.72 Å². The highest BCUT2D eigenvalue weighted by Gasteiger charge is 2.61. The minimum absolute atomic E-state index is 0.0126. The van der Waals surface area contributed by atoms with Crippen molar-refractivity contribution in [3.63, 3.8) is 0 Å². The van der Waals surface area contributed by atoms with Crippen LogP contribution in [0.2, 0.25) is 0 Å². The summed E-state index contributed by atoms with van der Waals surface area (Å²) in [5.41, 5.74) is 3.04. The first-order valence-corrected chi connectivity index (χ1v) is 10.5.